The highest BCUT2D eigenvalue weighted by atomic mass is 16.5. The molecule has 2 amide bonds. The Hall–Kier alpha value is -2.83. The second kappa shape index (κ2) is 7.83. The van der Waals surface area contributed by atoms with E-state index in [2.05, 4.69) is 4.98 Å². The molecule has 0 spiro atoms. The summed E-state index contributed by atoms with van der Waals surface area (Å²) >= 11 is 0. The van der Waals surface area contributed by atoms with Gasteiger partial charge in [-0.15, -0.1) is 0 Å². The van der Waals surface area contributed by atoms with Crippen molar-refractivity contribution >= 4 is 11.8 Å². The summed E-state index contributed by atoms with van der Waals surface area (Å²) in [5, 5.41) is 0. The monoisotopic (exact) mass is 342 g/mol. The standard InChI is InChI=1S/C18H22N4O3/c1-25-16-4-2-15(3-5-16)18(24)22-12-10-21(11-13-22)17(23)6-8-20-9-7-19-14-20/h2-5,7,9,14H,6,8,10-13H2,1H3. The molecule has 1 aliphatic heterocycles. The highest BCUT2D eigenvalue weighted by Crippen LogP contribution is 2.14. The molecular weight excluding hydrogens is 320 g/mol. The summed E-state index contributed by atoms with van der Waals surface area (Å²) in [7, 11) is 1.60. The molecule has 0 saturated carbocycles. The molecule has 0 radical (unpaired) electrons. The zero-order valence-corrected chi connectivity index (χ0v) is 14.3. The highest BCUT2D eigenvalue weighted by Gasteiger charge is 2.24. The van der Waals surface area contributed by atoms with Gasteiger partial charge < -0.3 is 19.1 Å². The van der Waals surface area contributed by atoms with E-state index in [9.17, 15) is 9.59 Å². The van der Waals surface area contributed by atoms with Crippen LogP contribution < -0.4 is 4.74 Å². The minimum Gasteiger partial charge on any atom is -0.497 e. The van der Waals surface area contributed by atoms with Crippen molar-refractivity contribution in [1.82, 2.24) is 19.4 Å². The average molecular weight is 342 g/mol. The second-order valence-corrected chi connectivity index (χ2v) is 5.95. The van der Waals surface area contributed by atoms with Crippen molar-refractivity contribution in [3.63, 3.8) is 0 Å². The maximum atomic E-state index is 12.5. The third-order valence-electron chi connectivity index (χ3n) is 4.40. The van der Waals surface area contributed by atoms with Crippen LogP contribution in [0, 0.1) is 0 Å². The topological polar surface area (TPSA) is 67.7 Å². The molecule has 1 aromatic carbocycles. The Kier molecular flexibility index (Phi) is 5.33. The number of imidazole rings is 1. The van der Waals surface area contributed by atoms with Crippen LogP contribution in [-0.4, -0.2) is 64.5 Å². The lowest BCUT2D eigenvalue weighted by Crippen LogP contribution is -2.50. The number of carbonyl (C=O) groups is 2. The first-order valence-corrected chi connectivity index (χ1v) is 8.34. The number of rotatable bonds is 5. The zero-order chi connectivity index (χ0) is 17.6. The Bertz CT molecular complexity index is 704. The highest BCUT2D eigenvalue weighted by molar-refractivity contribution is 5.94. The molecule has 1 fully saturated rings. The van der Waals surface area contributed by atoms with E-state index in [0.29, 0.717) is 44.7 Å². The van der Waals surface area contributed by atoms with Crippen LogP contribution >= 0.6 is 0 Å². The van der Waals surface area contributed by atoms with Crippen LogP contribution in [0.5, 0.6) is 5.75 Å². The van der Waals surface area contributed by atoms with Crippen molar-refractivity contribution in [2.75, 3.05) is 33.3 Å². The van der Waals surface area contributed by atoms with Crippen molar-refractivity contribution in [2.24, 2.45) is 0 Å². The second-order valence-electron chi connectivity index (χ2n) is 5.95. The number of piperazine rings is 1. The summed E-state index contributed by atoms with van der Waals surface area (Å²) in [5.74, 6) is 0.836. The Morgan fingerprint density at radius 1 is 1.08 bits per heavy atom. The number of ether oxygens (including phenoxy) is 1. The largest absolute Gasteiger partial charge is 0.497 e. The molecule has 0 N–H and O–H groups in total. The van der Waals surface area contributed by atoms with Gasteiger partial charge in [-0.2, -0.15) is 0 Å². The smallest absolute Gasteiger partial charge is 0.253 e. The molecule has 7 nitrogen and oxygen atoms in total. The predicted molar refractivity (Wildman–Crippen MR) is 92.3 cm³/mol. The van der Waals surface area contributed by atoms with Crippen LogP contribution in [0.15, 0.2) is 43.0 Å². The predicted octanol–water partition coefficient (Wildman–Crippen LogP) is 1.27. The van der Waals surface area contributed by atoms with Gasteiger partial charge in [-0.1, -0.05) is 0 Å². The van der Waals surface area contributed by atoms with Gasteiger partial charge in [0.2, 0.25) is 5.91 Å². The molecule has 132 valence electrons. The Morgan fingerprint density at radius 3 is 2.36 bits per heavy atom. The van der Waals surface area contributed by atoms with Gasteiger partial charge in [0.05, 0.1) is 13.4 Å². The molecule has 0 aliphatic carbocycles. The van der Waals surface area contributed by atoms with Crippen molar-refractivity contribution in [3.05, 3.63) is 48.5 Å². The molecule has 0 bridgehead atoms. The van der Waals surface area contributed by atoms with E-state index in [1.54, 1.807) is 48.8 Å². The molecule has 7 heteroatoms. The first-order chi connectivity index (χ1) is 12.2. The maximum Gasteiger partial charge on any atom is 0.253 e. The molecule has 1 aliphatic rings. The molecule has 2 aromatic rings. The van der Waals surface area contributed by atoms with E-state index in [1.807, 2.05) is 15.7 Å². The van der Waals surface area contributed by atoms with Gasteiger partial charge in [-0.05, 0) is 24.3 Å². The van der Waals surface area contributed by atoms with Crippen molar-refractivity contribution in [2.45, 2.75) is 13.0 Å². The summed E-state index contributed by atoms with van der Waals surface area (Å²) in [5.41, 5.74) is 0.640. The lowest BCUT2D eigenvalue weighted by Gasteiger charge is -2.35. The molecule has 2 heterocycles. The summed E-state index contributed by atoms with van der Waals surface area (Å²) in [6, 6.07) is 7.10. The summed E-state index contributed by atoms with van der Waals surface area (Å²) in [6.45, 7) is 2.89. The Balaban J connectivity index is 1.48. The Labute approximate surface area is 146 Å². The molecule has 0 atom stereocenters. The normalized spacial score (nSPS) is 14.4. The van der Waals surface area contributed by atoms with Gasteiger partial charge in [-0.3, -0.25) is 9.59 Å². The summed E-state index contributed by atoms with van der Waals surface area (Å²) in [6.07, 6.45) is 5.70. The van der Waals surface area contributed by atoms with Gasteiger partial charge in [-0.25, -0.2) is 4.98 Å². The number of methoxy groups -OCH3 is 1. The molecule has 1 aromatic heterocycles. The summed E-state index contributed by atoms with van der Waals surface area (Å²) in [4.78, 5) is 32.4. The van der Waals surface area contributed by atoms with E-state index < -0.39 is 0 Å². The first-order valence-electron chi connectivity index (χ1n) is 8.34. The van der Waals surface area contributed by atoms with E-state index in [-0.39, 0.29) is 11.8 Å². The van der Waals surface area contributed by atoms with Crippen LogP contribution in [0.25, 0.3) is 0 Å². The molecule has 25 heavy (non-hydrogen) atoms. The quantitative estimate of drug-likeness (QED) is 0.821. The SMILES string of the molecule is COc1ccc(C(=O)N2CCN(C(=O)CCn3ccnc3)CC2)cc1. The van der Waals surface area contributed by atoms with Crippen LogP contribution in [0.2, 0.25) is 0 Å². The van der Waals surface area contributed by atoms with Gasteiger partial charge >= 0.3 is 0 Å². The summed E-state index contributed by atoms with van der Waals surface area (Å²) < 4.78 is 7.00. The lowest BCUT2D eigenvalue weighted by atomic mass is 10.1. The lowest BCUT2D eigenvalue weighted by molar-refractivity contribution is -0.132. The zero-order valence-electron chi connectivity index (χ0n) is 14.3. The van der Waals surface area contributed by atoms with Crippen molar-refractivity contribution < 1.29 is 14.3 Å². The number of nitrogens with zero attached hydrogens (tertiary/aromatic N) is 4. The number of hydrogen-bond donors (Lipinski definition) is 0. The maximum absolute atomic E-state index is 12.5. The van der Waals surface area contributed by atoms with Crippen molar-refractivity contribution in [3.8, 4) is 5.75 Å². The molecule has 3 rings (SSSR count). The fourth-order valence-electron chi connectivity index (χ4n) is 2.88. The van der Waals surface area contributed by atoms with Gasteiger partial charge in [0.1, 0.15) is 5.75 Å². The number of carbonyl (C=O) groups excluding carboxylic acids is 2. The molecular formula is C18H22N4O3. The molecule has 1 saturated heterocycles. The number of hydrogen-bond acceptors (Lipinski definition) is 4. The van der Waals surface area contributed by atoms with E-state index in [4.69, 9.17) is 4.74 Å². The van der Waals surface area contributed by atoms with Gasteiger partial charge in [0.15, 0.2) is 0 Å². The number of benzene rings is 1. The average Bonchev–Trinajstić information content (AvgIpc) is 3.19. The van der Waals surface area contributed by atoms with Crippen LogP contribution in [0.1, 0.15) is 16.8 Å². The minimum atomic E-state index is -0.00633. The third-order valence-corrected chi connectivity index (χ3v) is 4.40. The third kappa shape index (κ3) is 4.17. The number of amides is 2. The van der Waals surface area contributed by atoms with E-state index >= 15 is 0 Å². The van der Waals surface area contributed by atoms with Crippen LogP contribution in [0.3, 0.4) is 0 Å². The first kappa shape index (κ1) is 17.0. The Morgan fingerprint density at radius 2 is 1.76 bits per heavy atom. The van der Waals surface area contributed by atoms with Crippen molar-refractivity contribution in [1.29, 1.82) is 0 Å². The minimum absolute atomic E-state index is 0.00633. The number of aromatic nitrogens is 2. The van der Waals surface area contributed by atoms with Crippen LogP contribution in [0.4, 0.5) is 0 Å². The van der Waals surface area contributed by atoms with E-state index in [0.717, 1.165) is 5.75 Å². The number of aryl methyl sites for hydroxylation is 1. The van der Waals surface area contributed by atoms with Gasteiger partial charge in [0, 0.05) is 57.1 Å². The van der Waals surface area contributed by atoms with Gasteiger partial charge in [0.25, 0.3) is 5.91 Å². The van der Waals surface area contributed by atoms with E-state index in [1.165, 1.54) is 0 Å². The fourth-order valence-corrected chi connectivity index (χ4v) is 2.88. The fraction of sp³-hybridized carbons (Fsp3) is 0.389. The molecule has 0 unspecified atom stereocenters. The van der Waals surface area contributed by atoms with Crippen LogP contribution in [-0.2, 0) is 11.3 Å².